The maximum Gasteiger partial charge on any atom is 0.227 e. The Morgan fingerprint density at radius 3 is 2.39 bits per heavy atom. The van der Waals surface area contributed by atoms with Crippen molar-refractivity contribution in [3.05, 3.63) is 101 Å². The average molecular weight is 502 g/mol. The van der Waals surface area contributed by atoms with Gasteiger partial charge >= 0.3 is 0 Å². The molecule has 0 atom stereocenters. The maximum atomic E-state index is 13.3. The lowest BCUT2D eigenvalue weighted by molar-refractivity contribution is -0.133. The summed E-state index contributed by atoms with van der Waals surface area (Å²) >= 11 is 6.30. The van der Waals surface area contributed by atoms with E-state index in [1.165, 1.54) is 0 Å². The molecule has 6 nitrogen and oxygen atoms in total. The highest BCUT2D eigenvalue weighted by Gasteiger charge is 2.34. The van der Waals surface area contributed by atoms with Crippen LogP contribution in [0.2, 0.25) is 5.02 Å². The molecular formula is C29H28ClN3O3. The molecule has 1 aromatic heterocycles. The Hall–Kier alpha value is -3.77. The van der Waals surface area contributed by atoms with Crippen molar-refractivity contribution in [2.24, 2.45) is 5.92 Å². The lowest BCUT2D eigenvalue weighted by atomic mass is 10.1. The monoisotopic (exact) mass is 501 g/mol. The first-order chi connectivity index (χ1) is 17.5. The number of carbonyl (C=O) groups is 1. The number of halogens is 1. The molecule has 1 saturated carbocycles. The van der Waals surface area contributed by atoms with E-state index in [1.807, 2.05) is 90.7 Å². The molecule has 0 N–H and O–H groups in total. The third kappa shape index (κ3) is 5.39. The summed E-state index contributed by atoms with van der Waals surface area (Å²) < 4.78 is 13.5. The van der Waals surface area contributed by atoms with Crippen LogP contribution in [0.4, 0.5) is 0 Å². The fraction of sp³-hybridized carbons (Fsp3) is 0.241. The van der Waals surface area contributed by atoms with Gasteiger partial charge in [-0.3, -0.25) is 4.79 Å². The highest BCUT2D eigenvalue weighted by molar-refractivity contribution is 6.30. The highest BCUT2D eigenvalue weighted by Crippen LogP contribution is 2.36. The summed E-state index contributed by atoms with van der Waals surface area (Å²) in [5.41, 5.74) is 3.52. The van der Waals surface area contributed by atoms with Crippen LogP contribution in [0.5, 0.6) is 17.4 Å². The molecule has 184 valence electrons. The molecule has 1 aliphatic carbocycles. The van der Waals surface area contributed by atoms with Gasteiger partial charge in [0.25, 0.3) is 0 Å². The van der Waals surface area contributed by atoms with Gasteiger partial charge < -0.3 is 14.4 Å². The summed E-state index contributed by atoms with van der Waals surface area (Å²) in [6, 6.07) is 24.9. The minimum Gasteiger partial charge on any atom is -0.497 e. The molecule has 0 radical (unpaired) electrons. The summed E-state index contributed by atoms with van der Waals surface area (Å²) in [6.45, 7) is 2.86. The minimum atomic E-state index is 0.1000. The first-order valence-electron chi connectivity index (χ1n) is 12.0. The van der Waals surface area contributed by atoms with E-state index >= 15 is 0 Å². The van der Waals surface area contributed by atoms with Crippen LogP contribution in [-0.2, 0) is 17.9 Å². The van der Waals surface area contributed by atoms with E-state index in [4.69, 9.17) is 26.2 Å². The van der Waals surface area contributed by atoms with Crippen molar-refractivity contribution in [2.45, 2.75) is 32.9 Å². The summed E-state index contributed by atoms with van der Waals surface area (Å²) in [7, 11) is 1.63. The van der Waals surface area contributed by atoms with Gasteiger partial charge in [-0.25, -0.2) is 4.68 Å². The Balaban J connectivity index is 1.54. The predicted octanol–water partition coefficient (Wildman–Crippen LogP) is 6.57. The number of aromatic nitrogens is 2. The molecule has 1 amide bonds. The Labute approximate surface area is 216 Å². The second kappa shape index (κ2) is 10.5. The zero-order chi connectivity index (χ0) is 25.1. The second-order valence-corrected chi connectivity index (χ2v) is 9.43. The van der Waals surface area contributed by atoms with Crippen LogP contribution in [0.3, 0.4) is 0 Å². The molecule has 1 heterocycles. The normalized spacial score (nSPS) is 12.9. The maximum absolute atomic E-state index is 13.3. The highest BCUT2D eigenvalue weighted by atomic mass is 35.5. The quantitative estimate of drug-likeness (QED) is 0.260. The molecule has 1 aliphatic rings. The summed E-state index contributed by atoms with van der Waals surface area (Å²) in [5.74, 6) is 2.21. The zero-order valence-electron chi connectivity index (χ0n) is 20.4. The minimum absolute atomic E-state index is 0.1000. The van der Waals surface area contributed by atoms with Crippen LogP contribution >= 0.6 is 11.6 Å². The van der Waals surface area contributed by atoms with Crippen molar-refractivity contribution in [2.75, 3.05) is 7.11 Å². The Morgan fingerprint density at radius 1 is 1.00 bits per heavy atom. The van der Waals surface area contributed by atoms with Gasteiger partial charge in [-0.2, -0.15) is 5.10 Å². The lowest BCUT2D eigenvalue weighted by Gasteiger charge is -2.23. The largest absolute Gasteiger partial charge is 0.497 e. The predicted molar refractivity (Wildman–Crippen MR) is 140 cm³/mol. The van der Waals surface area contributed by atoms with E-state index in [2.05, 4.69) is 0 Å². The molecule has 0 aliphatic heterocycles. The van der Waals surface area contributed by atoms with Gasteiger partial charge in [0.1, 0.15) is 11.5 Å². The number of benzene rings is 3. The van der Waals surface area contributed by atoms with Gasteiger partial charge in [0.05, 0.1) is 30.6 Å². The van der Waals surface area contributed by atoms with Gasteiger partial charge in [-0.1, -0.05) is 48.0 Å². The standard InChI is InChI=1S/C29H28ClN3O3/c1-20-27(19-32(28(34)22-11-12-22)18-21-7-4-3-5-8-21)29(36-26-15-13-25(35-2)14-16-26)33(31-20)24-10-6-9-23(30)17-24/h3-10,13-17,22H,11-12,18-19H2,1-2H3. The van der Waals surface area contributed by atoms with Gasteiger partial charge in [0.2, 0.25) is 11.8 Å². The van der Waals surface area contributed by atoms with Crippen LogP contribution in [0.15, 0.2) is 78.9 Å². The zero-order valence-corrected chi connectivity index (χ0v) is 21.1. The van der Waals surface area contributed by atoms with Crippen LogP contribution < -0.4 is 9.47 Å². The molecule has 5 rings (SSSR count). The molecule has 1 fully saturated rings. The lowest BCUT2D eigenvalue weighted by Crippen LogP contribution is -2.31. The van der Waals surface area contributed by atoms with Crippen LogP contribution in [0.25, 0.3) is 5.69 Å². The van der Waals surface area contributed by atoms with E-state index in [0.29, 0.717) is 29.7 Å². The van der Waals surface area contributed by atoms with E-state index in [9.17, 15) is 4.79 Å². The second-order valence-electron chi connectivity index (χ2n) is 8.99. The molecule has 0 bridgehead atoms. The van der Waals surface area contributed by atoms with Crippen molar-refractivity contribution in [3.8, 4) is 23.1 Å². The molecule has 4 aromatic rings. The van der Waals surface area contributed by atoms with Crippen LogP contribution in [0, 0.1) is 12.8 Å². The number of ether oxygens (including phenoxy) is 2. The van der Waals surface area contributed by atoms with E-state index < -0.39 is 0 Å². The Morgan fingerprint density at radius 2 is 1.72 bits per heavy atom. The number of methoxy groups -OCH3 is 1. The molecule has 0 spiro atoms. The van der Waals surface area contributed by atoms with E-state index in [-0.39, 0.29) is 11.8 Å². The van der Waals surface area contributed by atoms with Crippen LogP contribution in [0.1, 0.15) is 29.7 Å². The smallest absolute Gasteiger partial charge is 0.227 e. The van der Waals surface area contributed by atoms with Crippen molar-refractivity contribution in [3.63, 3.8) is 0 Å². The summed E-state index contributed by atoms with van der Waals surface area (Å²) in [5, 5.41) is 5.41. The SMILES string of the molecule is COc1ccc(Oc2c(CN(Cc3ccccc3)C(=O)C3CC3)c(C)nn2-c2cccc(Cl)c2)cc1. The third-order valence-corrected chi connectivity index (χ3v) is 6.50. The van der Waals surface area contributed by atoms with Crippen molar-refractivity contribution in [1.82, 2.24) is 14.7 Å². The van der Waals surface area contributed by atoms with Gasteiger partial charge in [-0.15, -0.1) is 0 Å². The number of nitrogens with zero attached hydrogens (tertiary/aromatic N) is 3. The number of rotatable bonds is 9. The number of hydrogen-bond donors (Lipinski definition) is 0. The van der Waals surface area contributed by atoms with E-state index in [0.717, 1.165) is 41.1 Å². The van der Waals surface area contributed by atoms with Gasteiger partial charge in [0, 0.05) is 17.5 Å². The molecule has 0 unspecified atom stereocenters. The van der Waals surface area contributed by atoms with Gasteiger partial charge in [0.15, 0.2) is 0 Å². The first-order valence-corrected chi connectivity index (χ1v) is 12.4. The van der Waals surface area contributed by atoms with Crippen LogP contribution in [-0.4, -0.2) is 27.7 Å². The third-order valence-electron chi connectivity index (χ3n) is 6.27. The summed E-state index contributed by atoms with van der Waals surface area (Å²) in [4.78, 5) is 15.2. The molecule has 7 heteroatoms. The Bertz CT molecular complexity index is 1350. The van der Waals surface area contributed by atoms with E-state index in [1.54, 1.807) is 11.8 Å². The molecule has 0 saturated heterocycles. The molecule has 3 aromatic carbocycles. The fourth-order valence-corrected chi connectivity index (χ4v) is 4.34. The fourth-order valence-electron chi connectivity index (χ4n) is 4.16. The van der Waals surface area contributed by atoms with Gasteiger partial charge in [-0.05, 0) is 67.8 Å². The topological polar surface area (TPSA) is 56.6 Å². The number of hydrogen-bond acceptors (Lipinski definition) is 4. The molecule has 36 heavy (non-hydrogen) atoms. The number of amides is 1. The number of aryl methyl sites for hydroxylation is 1. The van der Waals surface area contributed by atoms with Crippen molar-refractivity contribution in [1.29, 1.82) is 0 Å². The summed E-state index contributed by atoms with van der Waals surface area (Å²) in [6.07, 6.45) is 1.89. The Kier molecular flexibility index (Phi) is 6.96. The van der Waals surface area contributed by atoms with Crippen molar-refractivity contribution < 1.29 is 14.3 Å². The average Bonchev–Trinajstić information content (AvgIpc) is 3.70. The molecular weight excluding hydrogens is 474 g/mol. The first kappa shape index (κ1) is 23.9. The number of carbonyl (C=O) groups excluding carboxylic acids is 1. The van der Waals surface area contributed by atoms with Crippen molar-refractivity contribution >= 4 is 17.5 Å².